The molecule has 0 bridgehead atoms. The first-order chi connectivity index (χ1) is 13.6. The minimum Gasteiger partial charge on any atom is -0.497 e. The van der Waals surface area contributed by atoms with E-state index in [4.69, 9.17) is 9.47 Å². The smallest absolute Gasteiger partial charge is 0.315 e. The summed E-state index contributed by atoms with van der Waals surface area (Å²) < 4.78 is 10.5. The van der Waals surface area contributed by atoms with Crippen molar-refractivity contribution in [3.8, 4) is 11.5 Å². The molecule has 1 saturated heterocycles. The molecular formula is C21H25N3O4. The molecule has 7 nitrogen and oxygen atoms in total. The number of hydrogen-bond acceptors (Lipinski definition) is 4. The van der Waals surface area contributed by atoms with Gasteiger partial charge >= 0.3 is 6.03 Å². The molecule has 1 aliphatic heterocycles. The standard InChI is InChI=1S/C21H25N3O4/c1-3-28-19-10-6-17(7-11-19)24-14-16(12-20(24)25)23-21(26)22-13-15-4-8-18(27-2)9-5-15/h4-11,16H,3,12-14H2,1-2H3,(H2,22,23,26)/t16-/m0/s1. The number of nitrogens with zero attached hydrogens (tertiary/aromatic N) is 1. The van der Waals surface area contributed by atoms with Crippen LogP contribution in [0.1, 0.15) is 18.9 Å². The monoisotopic (exact) mass is 383 g/mol. The van der Waals surface area contributed by atoms with Crippen LogP contribution in [0, 0.1) is 0 Å². The predicted octanol–water partition coefficient (Wildman–Crippen LogP) is 2.70. The molecule has 0 radical (unpaired) electrons. The highest BCUT2D eigenvalue weighted by Gasteiger charge is 2.31. The van der Waals surface area contributed by atoms with E-state index in [9.17, 15) is 9.59 Å². The van der Waals surface area contributed by atoms with Gasteiger partial charge in [0, 0.05) is 25.2 Å². The van der Waals surface area contributed by atoms with E-state index < -0.39 is 0 Å². The number of carbonyl (C=O) groups excluding carboxylic acids is 2. The SMILES string of the molecule is CCOc1ccc(N2C[C@@H](NC(=O)NCc3ccc(OC)cc3)CC2=O)cc1. The van der Waals surface area contributed by atoms with Crippen molar-refractivity contribution in [1.29, 1.82) is 0 Å². The summed E-state index contributed by atoms with van der Waals surface area (Å²) in [5, 5.41) is 5.69. The number of nitrogens with one attached hydrogen (secondary N) is 2. The van der Waals surface area contributed by atoms with Crippen molar-refractivity contribution >= 4 is 17.6 Å². The van der Waals surface area contributed by atoms with Crippen LogP contribution < -0.4 is 25.0 Å². The van der Waals surface area contributed by atoms with Crippen LogP contribution in [0.4, 0.5) is 10.5 Å². The molecule has 2 aromatic rings. The van der Waals surface area contributed by atoms with Gasteiger partial charge in [0.25, 0.3) is 0 Å². The molecule has 28 heavy (non-hydrogen) atoms. The Morgan fingerprint density at radius 3 is 2.43 bits per heavy atom. The highest BCUT2D eigenvalue weighted by Crippen LogP contribution is 2.24. The third-order valence-corrected chi connectivity index (χ3v) is 4.53. The Kier molecular flexibility index (Phi) is 6.37. The van der Waals surface area contributed by atoms with Crippen molar-refractivity contribution in [1.82, 2.24) is 10.6 Å². The molecule has 7 heteroatoms. The van der Waals surface area contributed by atoms with E-state index in [1.54, 1.807) is 12.0 Å². The normalized spacial score (nSPS) is 16.0. The minimum absolute atomic E-state index is 0.00962. The van der Waals surface area contributed by atoms with Gasteiger partial charge in [-0.25, -0.2) is 4.79 Å². The van der Waals surface area contributed by atoms with Crippen LogP contribution in [-0.4, -0.2) is 38.2 Å². The van der Waals surface area contributed by atoms with Gasteiger partial charge in [0.05, 0.1) is 19.8 Å². The number of amides is 3. The average molecular weight is 383 g/mol. The van der Waals surface area contributed by atoms with Gasteiger partial charge < -0.3 is 25.0 Å². The molecule has 0 spiro atoms. The molecule has 0 unspecified atom stereocenters. The van der Waals surface area contributed by atoms with E-state index in [1.165, 1.54) is 0 Å². The number of methoxy groups -OCH3 is 1. The molecule has 1 aliphatic rings. The number of carbonyl (C=O) groups is 2. The number of ether oxygens (including phenoxy) is 2. The largest absolute Gasteiger partial charge is 0.497 e. The van der Waals surface area contributed by atoms with Gasteiger partial charge in [-0.05, 0) is 48.9 Å². The lowest BCUT2D eigenvalue weighted by atomic mass is 10.2. The predicted molar refractivity (Wildman–Crippen MR) is 107 cm³/mol. The molecule has 148 valence electrons. The van der Waals surface area contributed by atoms with E-state index in [1.807, 2.05) is 55.5 Å². The summed E-state index contributed by atoms with van der Waals surface area (Å²) in [5.74, 6) is 1.53. The van der Waals surface area contributed by atoms with Crippen molar-refractivity contribution in [2.45, 2.75) is 25.9 Å². The number of anilines is 1. The quantitative estimate of drug-likeness (QED) is 0.770. The highest BCUT2D eigenvalue weighted by atomic mass is 16.5. The summed E-state index contributed by atoms with van der Waals surface area (Å²) in [6.07, 6.45) is 0.281. The summed E-state index contributed by atoms with van der Waals surface area (Å²) in [6.45, 7) is 3.37. The fraction of sp³-hybridized carbons (Fsp3) is 0.333. The van der Waals surface area contributed by atoms with Crippen LogP contribution in [-0.2, 0) is 11.3 Å². The molecular weight excluding hydrogens is 358 g/mol. The van der Waals surface area contributed by atoms with E-state index in [-0.39, 0.29) is 24.4 Å². The molecule has 3 amide bonds. The zero-order chi connectivity index (χ0) is 19.9. The lowest BCUT2D eigenvalue weighted by molar-refractivity contribution is -0.117. The van der Waals surface area contributed by atoms with Gasteiger partial charge in [-0.3, -0.25) is 4.79 Å². The maximum Gasteiger partial charge on any atom is 0.315 e. The van der Waals surface area contributed by atoms with E-state index in [0.717, 1.165) is 22.7 Å². The second-order valence-corrected chi connectivity index (χ2v) is 6.51. The van der Waals surface area contributed by atoms with Crippen molar-refractivity contribution < 1.29 is 19.1 Å². The zero-order valence-corrected chi connectivity index (χ0v) is 16.1. The molecule has 2 aromatic carbocycles. The number of rotatable bonds is 7. The lowest BCUT2D eigenvalue weighted by Crippen LogP contribution is -2.43. The third-order valence-electron chi connectivity index (χ3n) is 4.53. The Labute approximate surface area is 164 Å². The highest BCUT2D eigenvalue weighted by molar-refractivity contribution is 5.96. The van der Waals surface area contributed by atoms with Gasteiger partial charge in [0.15, 0.2) is 0 Å². The van der Waals surface area contributed by atoms with Crippen LogP contribution in [0.5, 0.6) is 11.5 Å². The molecule has 2 N–H and O–H groups in total. The zero-order valence-electron chi connectivity index (χ0n) is 16.1. The number of benzene rings is 2. The van der Waals surface area contributed by atoms with Crippen molar-refractivity contribution in [3.05, 3.63) is 54.1 Å². The Morgan fingerprint density at radius 2 is 1.79 bits per heavy atom. The van der Waals surface area contributed by atoms with Crippen molar-refractivity contribution in [2.75, 3.05) is 25.2 Å². The topological polar surface area (TPSA) is 79.9 Å². The third kappa shape index (κ3) is 4.94. The molecule has 1 atom stereocenters. The molecule has 0 aromatic heterocycles. The van der Waals surface area contributed by atoms with Gasteiger partial charge in [-0.15, -0.1) is 0 Å². The van der Waals surface area contributed by atoms with E-state index in [2.05, 4.69) is 10.6 Å². The minimum atomic E-state index is -0.290. The summed E-state index contributed by atoms with van der Waals surface area (Å²) >= 11 is 0. The number of hydrogen-bond donors (Lipinski definition) is 2. The lowest BCUT2D eigenvalue weighted by Gasteiger charge is -2.18. The Balaban J connectivity index is 1.49. The summed E-state index contributed by atoms with van der Waals surface area (Å²) in [4.78, 5) is 26.2. The van der Waals surface area contributed by atoms with Crippen LogP contribution in [0.15, 0.2) is 48.5 Å². The first-order valence-corrected chi connectivity index (χ1v) is 9.29. The van der Waals surface area contributed by atoms with Crippen LogP contribution in [0.2, 0.25) is 0 Å². The fourth-order valence-electron chi connectivity index (χ4n) is 3.10. The average Bonchev–Trinajstić information content (AvgIpc) is 3.07. The summed E-state index contributed by atoms with van der Waals surface area (Å²) in [5.41, 5.74) is 1.77. The van der Waals surface area contributed by atoms with E-state index in [0.29, 0.717) is 19.7 Å². The van der Waals surface area contributed by atoms with Crippen LogP contribution >= 0.6 is 0 Å². The van der Waals surface area contributed by atoms with Crippen molar-refractivity contribution in [3.63, 3.8) is 0 Å². The second kappa shape index (κ2) is 9.12. The molecule has 0 aliphatic carbocycles. The van der Waals surface area contributed by atoms with Crippen LogP contribution in [0.3, 0.4) is 0 Å². The van der Waals surface area contributed by atoms with Gasteiger partial charge in [0.1, 0.15) is 11.5 Å². The van der Waals surface area contributed by atoms with E-state index >= 15 is 0 Å². The number of urea groups is 1. The maximum atomic E-state index is 12.3. The Hall–Kier alpha value is -3.22. The first-order valence-electron chi connectivity index (χ1n) is 9.29. The van der Waals surface area contributed by atoms with Crippen molar-refractivity contribution in [2.24, 2.45) is 0 Å². The molecule has 1 heterocycles. The molecule has 3 rings (SSSR count). The second-order valence-electron chi connectivity index (χ2n) is 6.51. The molecule has 1 fully saturated rings. The Bertz CT molecular complexity index is 805. The Morgan fingerprint density at radius 1 is 1.11 bits per heavy atom. The van der Waals surface area contributed by atoms with Gasteiger partial charge in [-0.2, -0.15) is 0 Å². The van der Waals surface area contributed by atoms with Gasteiger partial charge in [0.2, 0.25) is 5.91 Å². The van der Waals surface area contributed by atoms with Crippen LogP contribution in [0.25, 0.3) is 0 Å². The summed E-state index contributed by atoms with van der Waals surface area (Å²) in [7, 11) is 1.61. The first kappa shape index (κ1) is 19.5. The summed E-state index contributed by atoms with van der Waals surface area (Å²) in [6, 6.07) is 14.4. The fourth-order valence-corrected chi connectivity index (χ4v) is 3.10. The maximum absolute atomic E-state index is 12.3. The molecule has 0 saturated carbocycles. The van der Waals surface area contributed by atoms with Gasteiger partial charge in [-0.1, -0.05) is 12.1 Å².